The van der Waals surface area contributed by atoms with Gasteiger partial charge in [0, 0.05) is 41.8 Å². The van der Waals surface area contributed by atoms with E-state index in [-0.39, 0.29) is 29.4 Å². The fourth-order valence-electron chi connectivity index (χ4n) is 4.03. The van der Waals surface area contributed by atoms with Gasteiger partial charge in [0.15, 0.2) is 0 Å². The second-order valence-corrected chi connectivity index (χ2v) is 8.53. The predicted octanol–water partition coefficient (Wildman–Crippen LogP) is 5.82. The highest BCUT2D eigenvalue weighted by Crippen LogP contribution is 2.28. The number of nitrogens with one attached hydrogen (secondary N) is 2. The van der Waals surface area contributed by atoms with E-state index in [2.05, 4.69) is 10.6 Å². The molecular weight excluding hydrogens is 441 g/mol. The standard InChI is InChI=1S/C26H25ClFN3O2/c27-24-15-22(28)12-11-20(24)16-29-25(32)19-7-4-6-18(14-19)21-8-5-13-31(17-21)26(33)30-23-9-2-1-3-10-23/h1-4,6-7,9-12,14-15,21H,5,8,13,16-17H2,(H,29,32)(H,30,33). The van der Waals surface area contributed by atoms with Crippen LogP contribution in [0.25, 0.3) is 0 Å². The van der Waals surface area contributed by atoms with Crippen LogP contribution in [0.3, 0.4) is 0 Å². The number of likely N-dealkylation sites (tertiary alicyclic amines) is 1. The average Bonchev–Trinajstić information content (AvgIpc) is 2.84. The van der Waals surface area contributed by atoms with E-state index in [0.29, 0.717) is 24.2 Å². The highest BCUT2D eigenvalue weighted by molar-refractivity contribution is 6.31. The molecule has 170 valence electrons. The van der Waals surface area contributed by atoms with Gasteiger partial charge in [0.1, 0.15) is 5.82 Å². The number of benzene rings is 3. The summed E-state index contributed by atoms with van der Waals surface area (Å²) in [6.45, 7) is 1.50. The number of urea groups is 1. The molecule has 1 aliphatic heterocycles. The van der Waals surface area contributed by atoms with Crippen molar-refractivity contribution in [2.24, 2.45) is 0 Å². The van der Waals surface area contributed by atoms with Crippen LogP contribution >= 0.6 is 11.6 Å². The van der Waals surface area contributed by atoms with Crippen LogP contribution in [0.2, 0.25) is 5.02 Å². The van der Waals surface area contributed by atoms with Crippen LogP contribution in [0.1, 0.15) is 40.2 Å². The molecule has 3 amide bonds. The minimum absolute atomic E-state index is 0.115. The molecule has 0 aliphatic carbocycles. The summed E-state index contributed by atoms with van der Waals surface area (Å²) in [4.78, 5) is 27.2. The SMILES string of the molecule is O=C(NCc1ccc(F)cc1Cl)c1cccc(C2CCCN(C(=O)Nc3ccccc3)C2)c1. The van der Waals surface area contributed by atoms with Crippen molar-refractivity contribution in [3.63, 3.8) is 0 Å². The molecule has 3 aromatic rings. The van der Waals surface area contributed by atoms with Crippen LogP contribution in [0.4, 0.5) is 14.9 Å². The molecule has 3 aromatic carbocycles. The fraction of sp³-hybridized carbons (Fsp3) is 0.231. The maximum Gasteiger partial charge on any atom is 0.321 e. The van der Waals surface area contributed by atoms with E-state index in [0.717, 1.165) is 24.1 Å². The number of rotatable bonds is 5. The Morgan fingerprint density at radius 3 is 2.64 bits per heavy atom. The number of halogens is 2. The first-order chi connectivity index (χ1) is 16.0. The zero-order valence-electron chi connectivity index (χ0n) is 18.1. The lowest BCUT2D eigenvalue weighted by Gasteiger charge is -2.33. The second-order valence-electron chi connectivity index (χ2n) is 8.13. The van der Waals surface area contributed by atoms with E-state index in [1.165, 1.54) is 12.1 Å². The Morgan fingerprint density at radius 2 is 1.85 bits per heavy atom. The summed E-state index contributed by atoms with van der Waals surface area (Å²) < 4.78 is 13.2. The molecule has 1 saturated heterocycles. The van der Waals surface area contributed by atoms with Gasteiger partial charge in [-0.15, -0.1) is 0 Å². The molecule has 0 spiro atoms. The molecule has 1 heterocycles. The van der Waals surface area contributed by atoms with Crippen molar-refractivity contribution in [1.82, 2.24) is 10.2 Å². The van der Waals surface area contributed by atoms with Gasteiger partial charge >= 0.3 is 6.03 Å². The zero-order valence-corrected chi connectivity index (χ0v) is 18.8. The summed E-state index contributed by atoms with van der Waals surface area (Å²) in [5.41, 5.74) is 2.98. The first-order valence-electron chi connectivity index (χ1n) is 10.9. The summed E-state index contributed by atoms with van der Waals surface area (Å²) >= 11 is 6.05. The first-order valence-corrected chi connectivity index (χ1v) is 11.3. The fourth-order valence-corrected chi connectivity index (χ4v) is 4.27. The molecule has 7 heteroatoms. The van der Waals surface area contributed by atoms with E-state index in [1.807, 2.05) is 53.4 Å². The summed E-state index contributed by atoms with van der Waals surface area (Å²) in [6, 6.07) is 20.9. The van der Waals surface area contributed by atoms with Gasteiger partial charge < -0.3 is 15.5 Å². The highest BCUT2D eigenvalue weighted by Gasteiger charge is 2.25. The van der Waals surface area contributed by atoms with Gasteiger partial charge in [0.25, 0.3) is 5.91 Å². The molecule has 0 aromatic heterocycles. The van der Waals surface area contributed by atoms with Crippen LogP contribution in [-0.2, 0) is 6.54 Å². The van der Waals surface area contributed by atoms with E-state index < -0.39 is 5.82 Å². The van der Waals surface area contributed by atoms with Gasteiger partial charge in [-0.1, -0.05) is 48.0 Å². The van der Waals surface area contributed by atoms with Crippen molar-refractivity contribution < 1.29 is 14.0 Å². The van der Waals surface area contributed by atoms with Gasteiger partial charge in [-0.2, -0.15) is 0 Å². The van der Waals surface area contributed by atoms with Gasteiger partial charge in [0.05, 0.1) is 0 Å². The minimum Gasteiger partial charge on any atom is -0.348 e. The molecule has 0 saturated carbocycles. The van der Waals surface area contributed by atoms with Crippen molar-refractivity contribution >= 4 is 29.2 Å². The largest absolute Gasteiger partial charge is 0.348 e. The third-order valence-electron chi connectivity index (χ3n) is 5.81. The Balaban J connectivity index is 1.39. The molecule has 0 bridgehead atoms. The summed E-state index contributed by atoms with van der Waals surface area (Å²) in [5.74, 6) is -0.493. The third kappa shape index (κ3) is 5.90. The van der Waals surface area contributed by atoms with Gasteiger partial charge in [-0.05, 0) is 60.4 Å². The lowest BCUT2D eigenvalue weighted by atomic mass is 9.89. The average molecular weight is 466 g/mol. The number of nitrogens with zero attached hydrogens (tertiary/aromatic N) is 1. The first kappa shape index (κ1) is 22.8. The Bertz CT molecular complexity index is 1140. The predicted molar refractivity (Wildman–Crippen MR) is 128 cm³/mol. The lowest BCUT2D eigenvalue weighted by molar-refractivity contribution is 0.0950. The van der Waals surface area contributed by atoms with Crippen LogP contribution < -0.4 is 10.6 Å². The minimum atomic E-state index is -0.415. The molecule has 0 radical (unpaired) electrons. The number of carbonyl (C=O) groups is 2. The van der Waals surface area contributed by atoms with Crippen LogP contribution in [0.15, 0.2) is 72.8 Å². The molecule has 1 fully saturated rings. The van der Waals surface area contributed by atoms with E-state index >= 15 is 0 Å². The summed E-state index contributed by atoms with van der Waals surface area (Å²) in [6.07, 6.45) is 1.84. The van der Waals surface area contributed by atoms with Crippen LogP contribution in [0, 0.1) is 5.82 Å². The number of piperidine rings is 1. The maximum absolute atomic E-state index is 13.2. The van der Waals surface area contributed by atoms with E-state index in [1.54, 1.807) is 12.1 Å². The summed E-state index contributed by atoms with van der Waals surface area (Å²) in [7, 11) is 0. The Labute approximate surface area is 197 Å². The van der Waals surface area contributed by atoms with E-state index in [9.17, 15) is 14.0 Å². The van der Waals surface area contributed by atoms with Gasteiger partial charge in [0.2, 0.25) is 0 Å². The van der Waals surface area contributed by atoms with Gasteiger partial charge in [-0.25, -0.2) is 9.18 Å². The zero-order chi connectivity index (χ0) is 23.2. The maximum atomic E-state index is 13.2. The second kappa shape index (κ2) is 10.5. The number of hydrogen-bond acceptors (Lipinski definition) is 2. The topological polar surface area (TPSA) is 61.4 Å². The normalized spacial score (nSPS) is 15.7. The number of hydrogen-bond donors (Lipinski definition) is 2. The van der Waals surface area contributed by atoms with Gasteiger partial charge in [-0.3, -0.25) is 4.79 Å². The van der Waals surface area contributed by atoms with Crippen molar-refractivity contribution in [2.45, 2.75) is 25.3 Å². The van der Waals surface area contributed by atoms with Crippen molar-refractivity contribution in [3.05, 3.63) is 100 Å². The van der Waals surface area contributed by atoms with Crippen LogP contribution in [0.5, 0.6) is 0 Å². The molecule has 1 atom stereocenters. The van der Waals surface area contributed by atoms with Crippen LogP contribution in [-0.4, -0.2) is 29.9 Å². The quantitative estimate of drug-likeness (QED) is 0.498. The molecule has 4 rings (SSSR count). The van der Waals surface area contributed by atoms with E-state index in [4.69, 9.17) is 11.6 Å². The Kier molecular flexibility index (Phi) is 7.25. The molecule has 1 aliphatic rings. The van der Waals surface area contributed by atoms with Crippen molar-refractivity contribution in [2.75, 3.05) is 18.4 Å². The molecule has 1 unspecified atom stereocenters. The number of para-hydroxylation sites is 1. The molecular formula is C26H25ClFN3O2. The number of carbonyl (C=O) groups excluding carboxylic acids is 2. The lowest BCUT2D eigenvalue weighted by Crippen LogP contribution is -2.41. The van der Waals surface area contributed by atoms with Crippen molar-refractivity contribution in [1.29, 1.82) is 0 Å². The molecule has 33 heavy (non-hydrogen) atoms. The summed E-state index contributed by atoms with van der Waals surface area (Å²) in [5, 5.41) is 6.06. The highest BCUT2D eigenvalue weighted by atomic mass is 35.5. The molecule has 2 N–H and O–H groups in total. The third-order valence-corrected chi connectivity index (χ3v) is 6.16. The van der Waals surface area contributed by atoms with Crippen molar-refractivity contribution in [3.8, 4) is 0 Å². The molecule has 5 nitrogen and oxygen atoms in total. The monoisotopic (exact) mass is 465 g/mol. The smallest absolute Gasteiger partial charge is 0.321 e. The Hall–Kier alpha value is -3.38. The number of anilines is 1. The Morgan fingerprint density at radius 1 is 1.03 bits per heavy atom. The number of amides is 3.